The van der Waals surface area contributed by atoms with Crippen molar-refractivity contribution in [2.75, 3.05) is 13.2 Å². The molecule has 2 aromatic rings. The van der Waals surface area contributed by atoms with Gasteiger partial charge < -0.3 is 15.2 Å². The Morgan fingerprint density at radius 3 is 3.05 bits per heavy atom. The van der Waals surface area contributed by atoms with Crippen LogP contribution < -0.4 is 10.1 Å². The summed E-state index contributed by atoms with van der Waals surface area (Å²) in [5.74, 6) is 0.451. The number of nitrogens with zero attached hydrogens (tertiary/aromatic N) is 4. The van der Waals surface area contributed by atoms with Crippen LogP contribution in [0.25, 0.3) is 0 Å². The van der Waals surface area contributed by atoms with Gasteiger partial charge in [-0.25, -0.2) is 0 Å². The summed E-state index contributed by atoms with van der Waals surface area (Å²) in [5, 5.41) is 17.2. The Morgan fingerprint density at radius 2 is 2.42 bits per heavy atom. The van der Waals surface area contributed by atoms with E-state index in [-0.39, 0.29) is 6.61 Å². The Balaban J connectivity index is 1.66. The summed E-state index contributed by atoms with van der Waals surface area (Å²) in [4.78, 5) is 0. The smallest absolute Gasteiger partial charge is 0.245 e. The zero-order chi connectivity index (χ0) is 13.7. The van der Waals surface area contributed by atoms with Crippen molar-refractivity contribution in [3.63, 3.8) is 0 Å². The monoisotopic (exact) mass is 283 g/mol. The predicted octanol–water partition coefficient (Wildman–Crippen LogP) is 0.110. The molecule has 1 atom stereocenters. The minimum Gasteiger partial charge on any atom is -0.473 e. The van der Waals surface area contributed by atoms with Crippen LogP contribution in [0.1, 0.15) is 11.3 Å². The molecule has 7 nitrogen and oxygen atoms in total. The molecule has 0 saturated carbocycles. The second-order valence-electron chi connectivity index (χ2n) is 4.25. The van der Waals surface area contributed by atoms with Crippen LogP contribution in [0.15, 0.2) is 12.4 Å². The topological polar surface area (TPSA) is 85.1 Å². The highest BCUT2D eigenvalue weighted by atomic mass is 32.1. The largest absolute Gasteiger partial charge is 0.473 e. The van der Waals surface area contributed by atoms with Gasteiger partial charge in [0.15, 0.2) is 0 Å². The molecule has 0 aromatic carbocycles. The van der Waals surface area contributed by atoms with E-state index in [4.69, 9.17) is 4.74 Å². The molecule has 2 heterocycles. The number of rotatable bonds is 7. The van der Waals surface area contributed by atoms with Crippen LogP contribution in [0.4, 0.5) is 0 Å². The van der Waals surface area contributed by atoms with E-state index in [1.54, 1.807) is 4.68 Å². The van der Waals surface area contributed by atoms with Crippen LogP contribution in [0.5, 0.6) is 5.88 Å². The molecule has 0 spiro atoms. The van der Waals surface area contributed by atoms with E-state index in [0.717, 1.165) is 23.0 Å². The second kappa shape index (κ2) is 6.60. The van der Waals surface area contributed by atoms with Crippen molar-refractivity contribution < 1.29 is 9.84 Å². The maximum atomic E-state index is 9.75. The number of ether oxygens (including phenoxy) is 1. The van der Waals surface area contributed by atoms with Crippen LogP contribution >= 0.6 is 11.7 Å². The summed E-state index contributed by atoms with van der Waals surface area (Å²) >= 11 is 1.08. The van der Waals surface area contributed by atoms with Gasteiger partial charge in [0.25, 0.3) is 0 Å². The first kappa shape index (κ1) is 13.9. The first-order valence-electron chi connectivity index (χ1n) is 5.93. The Bertz CT molecular complexity index is 499. The summed E-state index contributed by atoms with van der Waals surface area (Å²) in [5.41, 5.74) is 2.12. The number of aliphatic hydroxyl groups is 1. The molecule has 0 bridgehead atoms. The molecule has 0 aliphatic carbocycles. The molecule has 104 valence electrons. The Hall–Kier alpha value is -1.51. The molecule has 2 aromatic heterocycles. The van der Waals surface area contributed by atoms with Crippen LogP contribution in [-0.4, -0.2) is 42.9 Å². The number of hydrogen-bond acceptors (Lipinski definition) is 7. The number of aliphatic hydroxyl groups excluding tert-OH is 1. The normalized spacial score (nSPS) is 12.6. The molecule has 8 heteroatoms. The van der Waals surface area contributed by atoms with Gasteiger partial charge in [0.1, 0.15) is 18.9 Å². The molecule has 2 rings (SSSR count). The summed E-state index contributed by atoms with van der Waals surface area (Å²) in [7, 11) is 1.89. The first-order valence-corrected chi connectivity index (χ1v) is 6.66. The van der Waals surface area contributed by atoms with Crippen LogP contribution in [-0.2, 0) is 13.6 Å². The third-order valence-corrected chi connectivity index (χ3v) is 3.04. The van der Waals surface area contributed by atoms with Crippen molar-refractivity contribution in [2.45, 2.75) is 19.6 Å². The fraction of sp³-hybridized carbons (Fsp3) is 0.545. The molecule has 0 aliphatic heterocycles. The summed E-state index contributed by atoms with van der Waals surface area (Å²) in [6.45, 7) is 3.29. The number of aromatic nitrogens is 4. The SMILES string of the molecule is Cc1nn(C)cc1CNCC(O)COc1cnsn1. The van der Waals surface area contributed by atoms with Crippen LogP contribution in [0.2, 0.25) is 0 Å². The third kappa shape index (κ3) is 4.27. The molecule has 2 N–H and O–H groups in total. The van der Waals surface area contributed by atoms with Crippen molar-refractivity contribution >= 4 is 11.7 Å². The van der Waals surface area contributed by atoms with Gasteiger partial charge in [-0.1, -0.05) is 0 Å². The number of aryl methyl sites for hydroxylation is 2. The van der Waals surface area contributed by atoms with E-state index in [9.17, 15) is 5.11 Å². The highest BCUT2D eigenvalue weighted by Crippen LogP contribution is 2.06. The summed E-state index contributed by atoms with van der Waals surface area (Å²) < 4.78 is 14.8. The van der Waals surface area contributed by atoms with E-state index >= 15 is 0 Å². The van der Waals surface area contributed by atoms with E-state index in [0.29, 0.717) is 19.0 Å². The van der Waals surface area contributed by atoms with E-state index < -0.39 is 6.10 Å². The first-order chi connectivity index (χ1) is 9.15. The lowest BCUT2D eigenvalue weighted by molar-refractivity contribution is 0.104. The van der Waals surface area contributed by atoms with Gasteiger partial charge in [-0.2, -0.15) is 9.47 Å². The molecule has 19 heavy (non-hydrogen) atoms. The highest BCUT2D eigenvalue weighted by molar-refractivity contribution is 6.99. The minimum atomic E-state index is -0.585. The second-order valence-corrected chi connectivity index (χ2v) is 4.81. The highest BCUT2D eigenvalue weighted by Gasteiger charge is 2.07. The fourth-order valence-electron chi connectivity index (χ4n) is 1.66. The zero-order valence-electron chi connectivity index (χ0n) is 10.9. The van der Waals surface area contributed by atoms with Crippen molar-refractivity contribution in [2.24, 2.45) is 7.05 Å². The lowest BCUT2D eigenvalue weighted by atomic mass is 10.2. The quantitative estimate of drug-likeness (QED) is 0.750. The maximum absolute atomic E-state index is 9.75. The summed E-state index contributed by atoms with van der Waals surface area (Å²) in [6.07, 6.45) is 2.91. The third-order valence-electron chi connectivity index (χ3n) is 2.58. The van der Waals surface area contributed by atoms with E-state index in [1.165, 1.54) is 6.20 Å². The van der Waals surface area contributed by atoms with Crippen molar-refractivity contribution in [3.8, 4) is 5.88 Å². The van der Waals surface area contributed by atoms with E-state index in [2.05, 4.69) is 19.2 Å². The fourth-order valence-corrected chi connectivity index (χ4v) is 2.02. The molecule has 0 radical (unpaired) electrons. The zero-order valence-corrected chi connectivity index (χ0v) is 11.7. The van der Waals surface area contributed by atoms with Crippen molar-refractivity contribution in [1.82, 2.24) is 23.8 Å². The molecule has 0 saturated heterocycles. The summed E-state index contributed by atoms with van der Waals surface area (Å²) in [6, 6.07) is 0. The maximum Gasteiger partial charge on any atom is 0.245 e. The van der Waals surface area contributed by atoms with Gasteiger partial charge in [-0.15, -0.1) is 4.37 Å². The Kier molecular flexibility index (Phi) is 4.83. The van der Waals surface area contributed by atoms with Gasteiger partial charge in [0.05, 0.1) is 17.4 Å². The predicted molar refractivity (Wildman–Crippen MR) is 71.1 cm³/mol. The Labute approximate surface area is 115 Å². The van der Waals surface area contributed by atoms with Gasteiger partial charge in [-0.05, 0) is 6.92 Å². The lowest BCUT2D eigenvalue weighted by Crippen LogP contribution is -2.31. The molecular weight excluding hydrogens is 266 g/mol. The molecule has 0 aliphatic rings. The standard InChI is InChI=1S/C11H17N5O2S/c1-8-9(6-16(2)14-8)3-12-4-10(17)7-18-11-5-13-19-15-11/h5-6,10,12,17H,3-4,7H2,1-2H3. The Morgan fingerprint density at radius 1 is 1.58 bits per heavy atom. The molecular formula is C11H17N5O2S. The van der Waals surface area contributed by atoms with Crippen molar-refractivity contribution in [1.29, 1.82) is 0 Å². The molecule has 0 amide bonds. The van der Waals surface area contributed by atoms with Gasteiger partial charge in [0.2, 0.25) is 5.88 Å². The van der Waals surface area contributed by atoms with E-state index in [1.807, 2.05) is 20.2 Å². The number of nitrogens with one attached hydrogen (secondary N) is 1. The average molecular weight is 283 g/mol. The number of hydrogen-bond donors (Lipinski definition) is 2. The van der Waals surface area contributed by atoms with Gasteiger partial charge >= 0.3 is 0 Å². The minimum absolute atomic E-state index is 0.199. The van der Waals surface area contributed by atoms with Gasteiger partial charge in [-0.3, -0.25) is 4.68 Å². The average Bonchev–Trinajstić information content (AvgIpc) is 2.97. The molecule has 0 fully saturated rings. The van der Waals surface area contributed by atoms with Crippen molar-refractivity contribution in [3.05, 3.63) is 23.7 Å². The van der Waals surface area contributed by atoms with Gasteiger partial charge in [0, 0.05) is 31.9 Å². The van der Waals surface area contributed by atoms with Crippen LogP contribution in [0.3, 0.4) is 0 Å². The van der Waals surface area contributed by atoms with Crippen LogP contribution in [0, 0.1) is 6.92 Å². The lowest BCUT2D eigenvalue weighted by Gasteiger charge is -2.11. The molecule has 1 unspecified atom stereocenters.